The zero-order valence-corrected chi connectivity index (χ0v) is 21.7. The molecule has 0 radical (unpaired) electrons. The molecule has 7 nitrogen and oxygen atoms in total. The lowest BCUT2D eigenvalue weighted by atomic mass is 9.74. The topological polar surface area (TPSA) is 68.2 Å². The van der Waals surface area contributed by atoms with Gasteiger partial charge in [-0.05, 0) is 55.7 Å². The van der Waals surface area contributed by atoms with Crippen LogP contribution in [0.4, 0.5) is 4.39 Å². The highest BCUT2D eigenvalue weighted by Gasteiger charge is 2.54. The van der Waals surface area contributed by atoms with Crippen LogP contribution in [0.3, 0.4) is 0 Å². The number of ether oxygens (including phenoxy) is 5. The number of methoxy groups -OCH3 is 2. The number of aromatic nitrogens is 1. The van der Waals surface area contributed by atoms with Gasteiger partial charge in [-0.25, -0.2) is 4.39 Å². The van der Waals surface area contributed by atoms with E-state index in [0.29, 0.717) is 23.4 Å². The number of pyridine rings is 1. The third-order valence-corrected chi connectivity index (χ3v) is 8.29. The van der Waals surface area contributed by atoms with Crippen LogP contribution in [-0.4, -0.2) is 43.6 Å². The third kappa shape index (κ3) is 3.65. The molecule has 36 heavy (non-hydrogen) atoms. The third-order valence-electron chi connectivity index (χ3n) is 8.29. The molecule has 2 aromatic rings. The summed E-state index contributed by atoms with van der Waals surface area (Å²) in [6, 6.07) is 7.45. The maximum atomic E-state index is 15.4. The van der Waals surface area contributed by atoms with Crippen molar-refractivity contribution in [3.8, 4) is 0 Å². The normalized spacial score (nSPS) is 32.8. The first-order valence-electron chi connectivity index (χ1n) is 12.4. The SMILES string of the molecule is COC1(C)OC[C@H](c2c(C3=CC(F)=C4OCCCC4[C@H]3C)c3ccccc3c(=O)n2C)OC1(C)OC. The summed E-state index contributed by atoms with van der Waals surface area (Å²) in [5, 5.41) is 1.32. The van der Waals surface area contributed by atoms with E-state index in [9.17, 15) is 4.79 Å². The van der Waals surface area contributed by atoms with Crippen molar-refractivity contribution in [1.29, 1.82) is 0 Å². The van der Waals surface area contributed by atoms with Gasteiger partial charge in [0.25, 0.3) is 5.56 Å². The molecule has 1 aliphatic carbocycles. The Morgan fingerprint density at radius 2 is 1.81 bits per heavy atom. The monoisotopic (exact) mass is 499 g/mol. The van der Waals surface area contributed by atoms with Gasteiger partial charge in [0.2, 0.25) is 11.6 Å². The Kier molecular flexibility index (Phi) is 6.35. The molecule has 3 unspecified atom stereocenters. The quantitative estimate of drug-likeness (QED) is 0.590. The summed E-state index contributed by atoms with van der Waals surface area (Å²) in [5.41, 5.74) is 2.06. The summed E-state index contributed by atoms with van der Waals surface area (Å²) in [6.07, 6.45) is 2.62. The lowest BCUT2D eigenvalue weighted by Crippen LogP contribution is -2.60. The predicted molar refractivity (Wildman–Crippen MR) is 134 cm³/mol. The molecule has 0 spiro atoms. The van der Waals surface area contributed by atoms with Crippen LogP contribution in [0.15, 0.2) is 46.7 Å². The molecule has 194 valence electrons. The molecule has 0 amide bonds. The Morgan fingerprint density at radius 1 is 1.11 bits per heavy atom. The first-order chi connectivity index (χ1) is 17.2. The van der Waals surface area contributed by atoms with E-state index in [1.54, 1.807) is 37.6 Å². The number of nitrogens with zero attached hydrogens (tertiary/aromatic N) is 1. The Morgan fingerprint density at radius 3 is 2.50 bits per heavy atom. The van der Waals surface area contributed by atoms with E-state index in [1.807, 2.05) is 18.2 Å². The van der Waals surface area contributed by atoms with E-state index in [4.69, 9.17) is 23.7 Å². The Balaban J connectivity index is 1.76. The average Bonchev–Trinajstić information content (AvgIpc) is 2.90. The summed E-state index contributed by atoms with van der Waals surface area (Å²) in [7, 11) is 4.78. The molecule has 2 fully saturated rings. The number of rotatable bonds is 4. The van der Waals surface area contributed by atoms with Crippen molar-refractivity contribution < 1.29 is 28.1 Å². The standard InChI is InChI=1S/C28H34FNO6/c1-16-17-12-9-13-34-25(17)21(29)14-20(16)23-18-10-7-8-11-19(18)26(31)30(4)24(23)22-15-35-27(2,32-5)28(3,33-6)36-22/h7-8,10-11,14,16-17,22H,9,12-13,15H2,1-6H3/t16-,17?,22-,27?,28?/m1/s1. The van der Waals surface area contributed by atoms with E-state index in [-0.39, 0.29) is 29.8 Å². The zero-order valence-electron chi connectivity index (χ0n) is 21.7. The summed E-state index contributed by atoms with van der Waals surface area (Å²) < 4.78 is 46.8. The van der Waals surface area contributed by atoms with Crippen LogP contribution in [0, 0.1) is 11.8 Å². The molecule has 3 aliphatic rings. The van der Waals surface area contributed by atoms with Gasteiger partial charge < -0.3 is 28.3 Å². The number of fused-ring (bicyclic) bond motifs is 2. The minimum atomic E-state index is -1.26. The first kappa shape index (κ1) is 25.1. The minimum absolute atomic E-state index is 0.0259. The number of hydrogen-bond acceptors (Lipinski definition) is 6. The maximum absolute atomic E-state index is 15.4. The maximum Gasteiger partial charge on any atom is 0.258 e. The largest absolute Gasteiger partial charge is 0.495 e. The number of hydrogen-bond donors (Lipinski definition) is 0. The summed E-state index contributed by atoms with van der Waals surface area (Å²) >= 11 is 0. The van der Waals surface area contributed by atoms with Crippen molar-refractivity contribution in [1.82, 2.24) is 4.57 Å². The fourth-order valence-electron chi connectivity index (χ4n) is 5.86. The molecule has 0 bridgehead atoms. The molecule has 2 aliphatic heterocycles. The van der Waals surface area contributed by atoms with E-state index < -0.39 is 17.7 Å². The Hall–Kier alpha value is -2.52. The van der Waals surface area contributed by atoms with Crippen molar-refractivity contribution in [2.75, 3.05) is 27.4 Å². The molecule has 3 heterocycles. The van der Waals surface area contributed by atoms with Crippen molar-refractivity contribution in [3.63, 3.8) is 0 Å². The van der Waals surface area contributed by atoms with Gasteiger partial charge in [-0.2, -0.15) is 0 Å². The smallest absolute Gasteiger partial charge is 0.258 e. The molecule has 5 rings (SSSR count). The van der Waals surface area contributed by atoms with Crippen molar-refractivity contribution in [2.45, 2.75) is 51.3 Å². The highest BCUT2D eigenvalue weighted by Crippen LogP contribution is 2.49. The van der Waals surface area contributed by atoms with Crippen LogP contribution in [0.25, 0.3) is 16.3 Å². The van der Waals surface area contributed by atoms with Gasteiger partial charge in [0.1, 0.15) is 11.9 Å². The second-order valence-corrected chi connectivity index (χ2v) is 10.1. The van der Waals surface area contributed by atoms with Gasteiger partial charge in [-0.15, -0.1) is 0 Å². The predicted octanol–water partition coefficient (Wildman–Crippen LogP) is 4.99. The van der Waals surface area contributed by atoms with Crippen LogP contribution in [0.2, 0.25) is 0 Å². The second kappa shape index (κ2) is 9.10. The van der Waals surface area contributed by atoms with Crippen LogP contribution >= 0.6 is 0 Å². The number of allylic oxidation sites excluding steroid dienone is 4. The van der Waals surface area contributed by atoms with Gasteiger partial charge in [-0.3, -0.25) is 4.79 Å². The molecule has 2 saturated heterocycles. The Labute approximate surface area is 210 Å². The van der Waals surface area contributed by atoms with Gasteiger partial charge in [-0.1, -0.05) is 25.1 Å². The van der Waals surface area contributed by atoms with Crippen molar-refractivity contribution >= 4 is 16.3 Å². The van der Waals surface area contributed by atoms with E-state index in [0.717, 1.165) is 29.4 Å². The molecule has 8 heteroatoms. The summed E-state index contributed by atoms with van der Waals surface area (Å²) in [6.45, 7) is 6.26. The molecule has 1 aromatic heterocycles. The highest BCUT2D eigenvalue weighted by molar-refractivity contribution is 5.95. The van der Waals surface area contributed by atoms with Crippen molar-refractivity contribution in [3.05, 3.63) is 63.5 Å². The van der Waals surface area contributed by atoms with Crippen LogP contribution in [0.1, 0.15) is 51.0 Å². The molecule has 0 saturated carbocycles. The first-order valence-corrected chi connectivity index (χ1v) is 12.4. The fraction of sp³-hybridized carbons (Fsp3) is 0.536. The number of halogens is 1. The average molecular weight is 500 g/mol. The molecule has 5 atom stereocenters. The second-order valence-electron chi connectivity index (χ2n) is 10.1. The molecule has 1 aromatic carbocycles. The lowest BCUT2D eigenvalue weighted by Gasteiger charge is -2.49. The van der Waals surface area contributed by atoms with Crippen molar-refractivity contribution in [2.24, 2.45) is 18.9 Å². The molecule has 0 N–H and O–H groups in total. The van der Waals surface area contributed by atoms with Gasteiger partial charge in [0.15, 0.2) is 5.83 Å². The highest BCUT2D eigenvalue weighted by atomic mass is 19.1. The number of benzene rings is 1. The molecular weight excluding hydrogens is 465 g/mol. The summed E-state index contributed by atoms with van der Waals surface area (Å²) in [4.78, 5) is 13.5. The van der Waals surface area contributed by atoms with Gasteiger partial charge in [0, 0.05) is 38.1 Å². The fourth-order valence-corrected chi connectivity index (χ4v) is 5.86. The zero-order chi connectivity index (χ0) is 25.8. The molecular formula is C28H34FNO6. The van der Waals surface area contributed by atoms with Crippen LogP contribution in [0.5, 0.6) is 0 Å². The summed E-state index contributed by atoms with van der Waals surface area (Å²) in [5.74, 6) is -2.42. The van der Waals surface area contributed by atoms with E-state index in [1.165, 1.54) is 14.2 Å². The van der Waals surface area contributed by atoms with Gasteiger partial charge >= 0.3 is 0 Å². The van der Waals surface area contributed by atoms with Crippen LogP contribution < -0.4 is 5.56 Å². The lowest BCUT2D eigenvalue weighted by molar-refractivity contribution is -0.433. The minimum Gasteiger partial charge on any atom is -0.495 e. The van der Waals surface area contributed by atoms with E-state index >= 15 is 4.39 Å². The van der Waals surface area contributed by atoms with E-state index in [2.05, 4.69) is 6.92 Å². The Bertz CT molecular complexity index is 1320. The van der Waals surface area contributed by atoms with Gasteiger partial charge in [0.05, 0.1) is 18.9 Å². The van der Waals surface area contributed by atoms with Crippen LogP contribution in [-0.2, 0) is 30.7 Å².